The first kappa shape index (κ1) is 16.0. The molecular weight excluding hydrogens is 265 g/mol. The molecule has 0 saturated heterocycles. The zero-order chi connectivity index (χ0) is 13.3. The first-order valence-corrected chi connectivity index (χ1v) is 7.60. The summed E-state index contributed by atoms with van der Waals surface area (Å²) in [5.74, 6) is 0.0988. The van der Waals surface area contributed by atoms with Crippen molar-refractivity contribution in [2.45, 2.75) is 56.4 Å². The van der Waals surface area contributed by atoms with Crippen LogP contribution in [0.15, 0.2) is 24.3 Å². The van der Waals surface area contributed by atoms with Crippen molar-refractivity contribution in [3.05, 3.63) is 40.2 Å². The standard InChI is InChI=1S/C16H20ClNO.Li/c17-13-8-6-12(7-9-13)16(10-11-16)15(19)18-14-4-2-1-3-5-14;/h6-9,14H,1-5,10-11H2,(H,18,19);/q;+1/p-1. The summed E-state index contributed by atoms with van der Waals surface area (Å²) in [4.78, 5) is 12.5. The number of rotatable bonds is 3. The molecule has 0 spiro atoms. The summed E-state index contributed by atoms with van der Waals surface area (Å²) in [5.41, 5.74) is 0.767. The number of hydrogen-bond donors (Lipinski definition) is 0. The summed E-state index contributed by atoms with van der Waals surface area (Å²) in [5, 5.41) is 5.22. The second kappa shape index (κ2) is 6.56. The third-order valence-corrected chi connectivity index (χ3v) is 4.68. The van der Waals surface area contributed by atoms with Gasteiger partial charge in [0.1, 0.15) is 0 Å². The average molecular weight is 284 g/mol. The van der Waals surface area contributed by atoms with Crippen LogP contribution in [0, 0.1) is 0 Å². The Morgan fingerprint density at radius 1 is 1.10 bits per heavy atom. The van der Waals surface area contributed by atoms with Gasteiger partial charge < -0.3 is 10.1 Å². The molecular formula is C16H19ClLiNO. The van der Waals surface area contributed by atoms with Crippen LogP contribution in [0.4, 0.5) is 0 Å². The largest absolute Gasteiger partial charge is 1.00 e. The van der Waals surface area contributed by atoms with Crippen molar-refractivity contribution in [2.75, 3.05) is 0 Å². The molecule has 2 nitrogen and oxygen atoms in total. The first-order chi connectivity index (χ1) is 9.21. The fourth-order valence-corrected chi connectivity index (χ4v) is 3.15. The van der Waals surface area contributed by atoms with Crippen molar-refractivity contribution in [3.63, 3.8) is 0 Å². The fourth-order valence-electron chi connectivity index (χ4n) is 3.02. The molecule has 0 unspecified atom stereocenters. The Hall–Kier alpha value is -0.423. The number of amides is 1. The molecule has 1 amide bonds. The van der Waals surface area contributed by atoms with E-state index in [-0.39, 0.29) is 36.2 Å². The van der Waals surface area contributed by atoms with Gasteiger partial charge in [0.15, 0.2) is 0 Å². The number of nitrogens with zero attached hydrogens (tertiary/aromatic N) is 1. The van der Waals surface area contributed by atoms with Crippen LogP contribution in [-0.2, 0) is 10.2 Å². The maximum Gasteiger partial charge on any atom is 1.00 e. The maximum absolute atomic E-state index is 12.5. The minimum atomic E-state index is -0.317. The molecule has 0 aliphatic heterocycles. The van der Waals surface area contributed by atoms with Crippen molar-refractivity contribution in [2.24, 2.45) is 0 Å². The topological polar surface area (TPSA) is 31.2 Å². The van der Waals surface area contributed by atoms with Crippen LogP contribution in [0.3, 0.4) is 0 Å². The van der Waals surface area contributed by atoms with Gasteiger partial charge in [-0.25, -0.2) is 0 Å². The number of halogens is 1. The second-order valence-corrected chi connectivity index (χ2v) is 6.25. The summed E-state index contributed by atoms with van der Waals surface area (Å²) in [6.07, 6.45) is 7.77. The Balaban J connectivity index is 0.00000147. The summed E-state index contributed by atoms with van der Waals surface area (Å²) < 4.78 is 0. The molecule has 2 saturated carbocycles. The summed E-state index contributed by atoms with van der Waals surface area (Å²) in [7, 11) is 0. The van der Waals surface area contributed by atoms with E-state index in [0.717, 1.165) is 36.3 Å². The Kier molecular flexibility index (Phi) is 5.23. The molecule has 0 heterocycles. The molecule has 4 heteroatoms. The molecule has 20 heavy (non-hydrogen) atoms. The molecule has 1 aromatic carbocycles. The zero-order valence-electron chi connectivity index (χ0n) is 12.1. The van der Waals surface area contributed by atoms with Crippen molar-refractivity contribution in [1.82, 2.24) is 0 Å². The average Bonchev–Trinajstić information content (AvgIpc) is 3.22. The minimum absolute atomic E-state index is 0. The predicted molar refractivity (Wildman–Crippen MR) is 77.6 cm³/mol. The quantitative estimate of drug-likeness (QED) is 0.776. The van der Waals surface area contributed by atoms with Gasteiger partial charge in [-0.15, -0.1) is 6.04 Å². The Morgan fingerprint density at radius 3 is 2.25 bits per heavy atom. The first-order valence-electron chi connectivity index (χ1n) is 7.22. The SMILES string of the molecule is O=C([N-]C1CCCCC1)C1(c2ccc(Cl)cc2)CC1.[Li+]. The number of carbonyl (C=O) groups is 1. The number of carbonyl (C=O) groups excluding carboxylic acids is 1. The molecule has 0 N–H and O–H groups in total. The van der Waals surface area contributed by atoms with E-state index in [0.29, 0.717) is 0 Å². The molecule has 102 valence electrons. The molecule has 0 bridgehead atoms. The molecule has 2 aliphatic carbocycles. The van der Waals surface area contributed by atoms with Crippen molar-refractivity contribution >= 4 is 17.5 Å². The monoisotopic (exact) mass is 283 g/mol. The zero-order valence-corrected chi connectivity index (χ0v) is 12.8. The van der Waals surface area contributed by atoms with Gasteiger partial charge in [-0.05, 0) is 30.5 Å². The van der Waals surface area contributed by atoms with Gasteiger partial charge in [-0.3, -0.25) is 0 Å². The van der Waals surface area contributed by atoms with Gasteiger partial charge in [0.2, 0.25) is 0 Å². The van der Waals surface area contributed by atoms with Crippen LogP contribution >= 0.6 is 11.6 Å². The van der Waals surface area contributed by atoms with E-state index < -0.39 is 0 Å². The van der Waals surface area contributed by atoms with Crippen LogP contribution in [-0.4, -0.2) is 11.9 Å². The molecule has 1 aromatic rings. The Bertz CT molecular complexity index is 464. The predicted octanol–water partition coefficient (Wildman–Crippen LogP) is 1.61. The molecule has 0 aromatic heterocycles. The van der Waals surface area contributed by atoms with Gasteiger partial charge in [-0.1, -0.05) is 55.8 Å². The van der Waals surface area contributed by atoms with E-state index in [1.165, 1.54) is 19.3 Å². The maximum atomic E-state index is 12.5. The molecule has 2 fully saturated rings. The summed E-state index contributed by atoms with van der Waals surface area (Å²) in [6, 6.07) is 7.95. The van der Waals surface area contributed by atoms with Crippen LogP contribution in [0.1, 0.15) is 50.5 Å². The number of hydrogen-bond acceptors (Lipinski definition) is 1. The van der Waals surface area contributed by atoms with Crippen molar-refractivity contribution in [3.8, 4) is 0 Å². The van der Waals surface area contributed by atoms with Crippen molar-refractivity contribution in [1.29, 1.82) is 0 Å². The van der Waals surface area contributed by atoms with Crippen LogP contribution in [0.2, 0.25) is 5.02 Å². The van der Waals surface area contributed by atoms with Gasteiger partial charge in [0.25, 0.3) is 0 Å². The van der Waals surface area contributed by atoms with Crippen LogP contribution in [0.25, 0.3) is 5.32 Å². The summed E-state index contributed by atoms with van der Waals surface area (Å²) >= 11 is 5.91. The molecule has 2 aliphatic rings. The van der Waals surface area contributed by atoms with Gasteiger partial charge >= 0.3 is 18.9 Å². The molecule has 0 atom stereocenters. The number of benzene rings is 1. The van der Waals surface area contributed by atoms with Crippen molar-refractivity contribution < 1.29 is 23.7 Å². The summed E-state index contributed by atoms with van der Waals surface area (Å²) in [6.45, 7) is 0. The van der Waals surface area contributed by atoms with E-state index >= 15 is 0 Å². The third kappa shape index (κ3) is 3.25. The fraction of sp³-hybridized carbons (Fsp3) is 0.562. The van der Waals surface area contributed by atoms with E-state index in [2.05, 4.69) is 5.32 Å². The molecule has 3 rings (SSSR count). The van der Waals surface area contributed by atoms with E-state index in [4.69, 9.17) is 11.6 Å². The molecule has 0 radical (unpaired) electrons. The van der Waals surface area contributed by atoms with Gasteiger partial charge in [-0.2, -0.15) is 0 Å². The smallest absolute Gasteiger partial charge is 0.650 e. The van der Waals surface area contributed by atoms with E-state index in [9.17, 15) is 4.79 Å². The van der Waals surface area contributed by atoms with Gasteiger partial charge in [0, 0.05) is 10.4 Å². The van der Waals surface area contributed by atoms with E-state index in [1.807, 2.05) is 24.3 Å². The van der Waals surface area contributed by atoms with Gasteiger partial charge in [0.05, 0.1) is 5.91 Å². The van der Waals surface area contributed by atoms with Crippen LogP contribution < -0.4 is 18.9 Å². The van der Waals surface area contributed by atoms with Crippen LogP contribution in [0.5, 0.6) is 0 Å². The Labute approximate surface area is 137 Å². The normalized spacial score (nSPS) is 20.9. The minimum Gasteiger partial charge on any atom is -0.650 e. The third-order valence-electron chi connectivity index (χ3n) is 4.43. The van der Waals surface area contributed by atoms with E-state index in [1.54, 1.807) is 0 Å². The second-order valence-electron chi connectivity index (χ2n) is 5.82. The Morgan fingerprint density at radius 2 is 1.70 bits per heavy atom.